The monoisotopic (exact) mass is 441 g/mol. The molecule has 0 aliphatic carbocycles. The van der Waals surface area contributed by atoms with Gasteiger partial charge in [0.05, 0.1) is 12.7 Å². The van der Waals surface area contributed by atoms with Gasteiger partial charge in [-0.2, -0.15) is 13.2 Å². The summed E-state index contributed by atoms with van der Waals surface area (Å²) < 4.78 is 48.0. The second-order valence-electron chi connectivity index (χ2n) is 7.19. The molecule has 10 heteroatoms. The molecule has 0 bridgehead atoms. The Hall–Kier alpha value is -1.81. The Balaban J connectivity index is 0.00000103. The van der Waals surface area contributed by atoms with Crippen LogP contribution in [0, 0.1) is 5.92 Å². The van der Waals surface area contributed by atoms with Gasteiger partial charge >= 0.3 is 18.1 Å². The number of unbranched alkanes of at least 4 members (excludes halogenated alkanes) is 1. The van der Waals surface area contributed by atoms with E-state index in [0.29, 0.717) is 18.9 Å². The third kappa shape index (κ3) is 13.4. The highest BCUT2D eigenvalue weighted by molar-refractivity contribution is 5.73. The molecule has 0 saturated carbocycles. The van der Waals surface area contributed by atoms with Crippen LogP contribution in [0.25, 0.3) is 0 Å². The van der Waals surface area contributed by atoms with Crippen LogP contribution in [0.4, 0.5) is 13.2 Å². The van der Waals surface area contributed by atoms with Gasteiger partial charge in [0.25, 0.3) is 0 Å². The van der Waals surface area contributed by atoms with Crippen LogP contribution in [0.3, 0.4) is 0 Å². The minimum Gasteiger partial charge on any atom is -0.475 e. The average Bonchev–Trinajstić information content (AvgIpc) is 2.69. The van der Waals surface area contributed by atoms with Crippen LogP contribution in [0.2, 0.25) is 0 Å². The Labute approximate surface area is 175 Å². The van der Waals surface area contributed by atoms with Crippen LogP contribution in [0.15, 0.2) is 12.3 Å². The van der Waals surface area contributed by atoms with Crippen LogP contribution in [-0.2, 0) is 23.8 Å². The van der Waals surface area contributed by atoms with Crippen LogP contribution < -0.4 is 5.32 Å². The van der Waals surface area contributed by atoms with Gasteiger partial charge in [-0.15, -0.1) is 0 Å². The Morgan fingerprint density at radius 2 is 2.00 bits per heavy atom. The molecule has 0 radical (unpaired) electrons. The molecule has 0 unspecified atom stereocenters. The fourth-order valence-corrected chi connectivity index (χ4v) is 2.77. The molecule has 30 heavy (non-hydrogen) atoms. The van der Waals surface area contributed by atoms with Gasteiger partial charge in [0, 0.05) is 25.8 Å². The van der Waals surface area contributed by atoms with Crippen molar-refractivity contribution in [1.82, 2.24) is 5.32 Å². The van der Waals surface area contributed by atoms with E-state index in [2.05, 4.69) is 25.7 Å². The van der Waals surface area contributed by atoms with E-state index in [1.807, 2.05) is 0 Å². The number of methoxy groups -OCH3 is 1. The van der Waals surface area contributed by atoms with E-state index in [1.165, 1.54) is 12.8 Å². The number of aliphatic carboxylic acids is 1. The average molecular weight is 441 g/mol. The lowest BCUT2D eigenvalue weighted by Crippen LogP contribution is -2.33. The fourth-order valence-electron chi connectivity index (χ4n) is 2.77. The minimum absolute atomic E-state index is 0.105. The number of halogens is 3. The number of rotatable bonds is 11. The van der Waals surface area contributed by atoms with Gasteiger partial charge < -0.3 is 24.6 Å². The molecule has 1 heterocycles. The van der Waals surface area contributed by atoms with Crippen LogP contribution in [-0.4, -0.2) is 62.3 Å². The Morgan fingerprint density at radius 3 is 2.47 bits per heavy atom. The standard InChI is InChI=1S/C18H33NO4.C2HF3O2/c1-5-6-8-14(2)17(21-4)11-15(3)19-12-18(20)23-16-9-7-10-22-13-16;3-2(4,5)1(6)7/h14,16-17,19H,3,5-13H2,1-2,4H3;(H,6,7)/t14-,16+,17-;/m0./s1. The summed E-state index contributed by atoms with van der Waals surface area (Å²) in [6.45, 7) is 9.81. The van der Waals surface area contributed by atoms with Gasteiger partial charge in [-0.25, -0.2) is 4.79 Å². The molecular formula is C20H34F3NO6. The SMILES string of the molecule is C=C(C[C@H](OC)[C@@H](C)CCCC)NCC(=O)O[C@@H]1CCCOC1.O=C(O)C(F)(F)F. The highest BCUT2D eigenvalue weighted by Gasteiger charge is 2.38. The largest absolute Gasteiger partial charge is 0.490 e. The van der Waals surface area contributed by atoms with Crippen molar-refractivity contribution in [2.75, 3.05) is 26.9 Å². The number of carboxylic acid groups (broad SMARTS) is 1. The van der Waals surface area contributed by atoms with Crippen LogP contribution >= 0.6 is 0 Å². The molecule has 2 N–H and O–H groups in total. The zero-order valence-electron chi connectivity index (χ0n) is 17.9. The van der Waals surface area contributed by atoms with E-state index in [9.17, 15) is 18.0 Å². The molecule has 0 spiro atoms. The summed E-state index contributed by atoms with van der Waals surface area (Å²) in [5.74, 6) is -2.54. The number of alkyl halides is 3. The number of carbonyl (C=O) groups excluding carboxylic acids is 1. The first kappa shape index (κ1) is 28.2. The van der Waals surface area contributed by atoms with Gasteiger partial charge in [-0.1, -0.05) is 33.3 Å². The third-order valence-electron chi connectivity index (χ3n) is 4.54. The van der Waals surface area contributed by atoms with Crippen molar-refractivity contribution in [1.29, 1.82) is 0 Å². The lowest BCUT2D eigenvalue weighted by Gasteiger charge is -2.24. The first-order valence-electron chi connectivity index (χ1n) is 10.0. The highest BCUT2D eigenvalue weighted by atomic mass is 19.4. The summed E-state index contributed by atoms with van der Waals surface area (Å²) in [4.78, 5) is 20.7. The second-order valence-corrected chi connectivity index (χ2v) is 7.19. The molecule has 0 aromatic heterocycles. The van der Waals surface area contributed by atoms with E-state index >= 15 is 0 Å². The number of esters is 1. The molecule has 176 valence electrons. The maximum absolute atomic E-state index is 11.8. The Kier molecular flexibility index (Phi) is 14.2. The van der Waals surface area contributed by atoms with Crippen molar-refractivity contribution in [2.24, 2.45) is 5.92 Å². The summed E-state index contributed by atoms with van der Waals surface area (Å²) in [5, 5.41) is 10.2. The quantitative estimate of drug-likeness (QED) is 0.473. The molecule has 0 amide bonds. The first-order chi connectivity index (χ1) is 14.0. The number of ether oxygens (including phenoxy) is 3. The summed E-state index contributed by atoms with van der Waals surface area (Å²) in [5.41, 5.74) is 0.817. The van der Waals surface area contributed by atoms with Gasteiger partial charge in [-0.3, -0.25) is 4.79 Å². The number of hydrogen-bond acceptors (Lipinski definition) is 6. The lowest BCUT2D eigenvalue weighted by molar-refractivity contribution is -0.192. The molecule has 1 aliphatic rings. The molecular weight excluding hydrogens is 407 g/mol. The van der Waals surface area contributed by atoms with E-state index in [4.69, 9.17) is 24.1 Å². The molecule has 7 nitrogen and oxygen atoms in total. The normalized spacial score (nSPS) is 18.4. The van der Waals surface area contributed by atoms with Crippen molar-refractivity contribution < 1.29 is 42.1 Å². The van der Waals surface area contributed by atoms with Gasteiger partial charge in [0.15, 0.2) is 0 Å². The topological polar surface area (TPSA) is 94.1 Å². The number of carbonyl (C=O) groups is 2. The zero-order chi connectivity index (χ0) is 23.2. The molecule has 1 rings (SSSR count). The summed E-state index contributed by atoms with van der Waals surface area (Å²) in [6.07, 6.45) is 1.02. The van der Waals surface area contributed by atoms with E-state index in [-0.39, 0.29) is 24.7 Å². The fraction of sp³-hybridized carbons (Fsp3) is 0.800. The van der Waals surface area contributed by atoms with Gasteiger partial charge in [-0.05, 0) is 25.2 Å². The predicted molar refractivity (Wildman–Crippen MR) is 105 cm³/mol. The summed E-state index contributed by atoms with van der Waals surface area (Å²) in [6, 6.07) is 0. The molecule has 0 aromatic rings. The third-order valence-corrected chi connectivity index (χ3v) is 4.54. The van der Waals surface area contributed by atoms with Crippen molar-refractivity contribution in [3.8, 4) is 0 Å². The van der Waals surface area contributed by atoms with Crippen molar-refractivity contribution in [3.63, 3.8) is 0 Å². The van der Waals surface area contributed by atoms with E-state index in [0.717, 1.165) is 31.6 Å². The summed E-state index contributed by atoms with van der Waals surface area (Å²) >= 11 is 0. The minimum atomic E-state index is -5.08. The summed E-state index contributed by atoms with van der Waals surface area (Å²) in [7, 11) is 1.73. The van der Waals surface area contributed by atoms with Crippen LogP contribution in [0.1, 0.15) is 52.4 Å². The number of nitrogens with one attached hydrogen (secondary N) is 1. The molecule has 0 aromatic carbocycles. The predicted octanol–water partition coefficient (Wildman–Crippen LogP) is 3.68. The number of hydrogen-bond donors (Lipinski definition) is 2. The van der Waals surface area contributed by atoms with Crippen molar-refractivity contribution in [3.05, 3.63) is 12.3 Å². The van der Waals surface area contributed by atoms with Gasteiger partial charge in [0.1, 0.15) is 12.6 Å². The smallest absolute Gasteiger partial charge is 0.475 e. The molecule has 1 fully saturated rings. The highest BCUT2D eigenvalue weighted by Crippen LogP contribution is 2.19. The Bertz CT molecular complexity index is 521. The van der Waals surface area contributed by atoms with E-state index in [1.54, 1.807) is 7.11 Å². The molecule has 3 atom stereocenters. The van der Waals surface area contributed by atoms with Crippen molar-refractivity contribution in [2.45, 2.75) is 70.8 Å². The second kappa shape index (κ2) is 15.1. The first-order valence-corrected chi connectivity index (χ1v) is 10.0. The lowest BCUT2D eigenvalue weighted by atomic mass is 9.95. The molecule has 1 saturated heterocycles. The van der Waals surface area contributed by atoms with Crippen LogP contribution in [0.5, 0.6) is 0 Å². The number of carboxylic acids is 1. The van der Waals surface area contributed by atoms with Gasteiger partial charge in [0.2, 0.25) is 0 Å². The molecule has 1 aliphatic heterocycles. The van der Waals surface area contributed by atoms with Crippen molar-refractivity contribution >= 4 is 11.9 Å². The Morgan fingerprint density at radius 1 is 1.37 bits per heavy atom. The maximum Gasteiger partial charge on any atom is 0.490 e. The zero-order valence-corrected chi connectivity index (χ0v) is 17.9. The van der Waals surface area contributed by atoms with E-state index < -0.39 is 12.1 Å². The maximum atomic E-state index is 11.8.